The van der Waals surface area contributed by atoms with Crippen molar-refractivity contribution in [1.82, 2.24) is 9.62 Å². The standard InChI is InChI=1S/C24H36N2O5S/c1-30-23-8-4-3-6-20(23)17-11-13-19(14-12-17)31-16-22-21(25-32(2,28)29)7-5-15-26(22)24(27)18-9-10-18/h3-4,6,8,17-19,21-22,25H,5,7,9-16H2,1-2H3/t17-,19+,21-,22-/m0/s1. The first-order valence-corrected chi connectivity index (χ1v) is 13.8. The molecule has 3 aliphatic rings. The number of benzene rings is 1. The summed E-state index contributed by atoms with van der Waals surface area (Å²) in [6.45, 7) is 1.07. The zero-order valence-corrected chi connectivity index (χ0v) is 20.0. The van der Waals surface area contributed by atoms with E-state index >= 15 is 0 Å². The number of amides is 1. The van der Waals surface area contributed by atoms with Crippen molar-refractivity contribution in [3.8, 4) is 5.75 Å². The largest absolute Gasteiger partial charge is 0.496 e. The number of para-hydroxylation sites is 1. The van der Waals surface area contributed by atoms with Gasteiger partial charge < -0.3 is 14.4 Å². The molecule has 3 fully saturated rings. The summed E-state index contributed by atoms with van der Waals surface area (Å²) in [6.07, 6.45) is 8.73. The molecule has 1 aromatic carbocycles. The summed E-state index contributed by atoms with van der Waals surface area (Å²) in [7, 11) is -1.64. The fraction of sp³-hybridized carbons (Fsp3) is 0.708. The average Bonchev–Trinajstić information content (AvgIpc) is 3.62. The van der Waals surface area contributed by atoms with Crippen LogP contribution < -0.4 is 9.46 Å². The van der Waals surface area contributed by atoms with Gasteiger partial charge in [-0.3, -0.25) is 4.79 Å². The number of ether oxygens (including phenoxy) is 2. The summed E-state index contributed by atoms with van der Waals surface area (Å²) in [4.78, 5) is 14.8. The highest BCUT2D eigenvalue weighted by Crippen LogP contribution is 2.38. The quantitative estimate of drug-likeness (QED) is 0.639. The average molecular weight is 465 g/mol. The van der Waals surface area contributed by atoms with Gasteiger partial charge in [0.2, 0.25) is 15.9 Å². The van der Waals surface area contributed by atoms with Gasteiger partial charge in [-0.15, -0.1) is 0 Å². The number of piperidine rings is 1. The molecule has 0 radical (unpaired) electrons. The maximum absolute atomic E-state index is 12.9. The van der Waals surface area contributed by atoms with Crippen molar-refractivity contribution in [1.29, 1.82) is 0 Å². The third kappa shape index (κ3) is 5.83. The molecule has 1 N–H and O–H groups in total. The molecule has 178 valence electrons. The van der Waals surface area contributed by atoms with Crippen LogP contribution in [0.5, 0.6) is 5.75 Å². The number of methoxy groups -OCH3 is 1. The zero-order chi connectivity index (χ0) is 22.7. The molecule has 0 aromatic heterocycles. The third-order valence-corrected chi connectivity index (χ3v) is 7.84. The lowest BCUT2D eigenvalue weighted by Crippen LogP contribution is -2.59. The van der Waals surface area contributed by atoms with Gasteiger partial charge in [0, 0.05) is 18.5 Å². The second-order valence-electron chi connectivity index (χ2n) is 9.56. The Kier molecular flexibility index (Phi) is 7.42. The van der Waals surface area contributed by atoms with Crippen molar-refractivity contribution in [3.05, 3.63) is 29.8 Å². The number of hydrogen-bond acceptors (Lipinski definition) is 5. The van der Waals surface area contributed by atoms with Crippen molar-refractivity contribution in [2.24, 2.45) is 5.92 Å². The molecular formula is C24H36N2O5S. The number of rotatable bonds is 8. The van der Waals surface area contributed by atoms with Crippen LogP contribution in [0.2, 0.25) is 0 Å². The van der Waals surface area contributed by atoms with E-state index in [0.717, 1.165) is 57.1 Å². The van der Waals surface area contributed by atoms with E-state index in [2.05, 4.69) is 16.9 Å². The van der Waals surface area contributed by atoms with Crippen LogP contribution in [-0.2, 0) is 19.6 Å². The van der Waals surface area contributed by atoms with E-state index in [-0.39, 0.29) is 30.0 Å². The molecule has 4 rings (SSSR count). The second-order valence-corrected chi connectivity index (χ2v) is 11.3. The summed E-state index contributed by atoms with van der Waals surface area (Å²) < 4.78 is 38.5. The Hall–Kier alpha value is -1.64. The van der Waals surface area contributed by atoms with Crippen LogP contribution in [0.1, 0.15) is 62.8 Å². The van der Waals surface area contributed by atoms with E-state index in [1.54, 1.807) is 7.11 Å². The molecule has 2 saturated carbocycles. The highest BCUT2D eigenvalue weighted by Gasteiger charge is 2.41. The molecule has 1 saturated heterocycles. The zero-order valence-electron chi connectivity index (χ0n) is 19.2. The maximum Gasteiger partial charge on any atom is 0.226 e. The molecule has 0 spiro atoms. The SMILES string of the molecule is COc1ccccc1[C@H]1CC[C@@H](OC[C@H]2[C@@H](NS(C)(=O)=O)CCCN2C(=O)C2CC2)CC1. The lowest BCUT2D eigenvalue weighted by atomic mass is 9.82. The van der Waals surface area contributed by atoms with Crippen molar-refractivity contribution >= 4 is 15.9 Å². The molecule has 1 amide bonds. The predicted molar refractivity (Wildman–Crippen MR) is 123 cm³/mol. The topological polar surface area (TPSA) is 84.9 Å². The molecule has 1 aromatic rings. The minimum atomic E-state index is -3.35. The molecule has 0 bridgehead atoms. The molecule has 0 unspecified atom stereocenters. The predicted octanol–water partition coefficient (Wildman–Crippen LogP) is 3.06. The van der Waals surface area contributed by atoms with E-state index in [0.29, 0.717) is 19.1 Å². The number of hydrogen-bond donors (Lipinski definition) is 1. The molecule has 2 aliphatic carbocycles. The minimum Gasteiger partial charge on any atom is -0.496 e. The Morgan fingerprint density at radius 3 is 2.47 bits per heavy atom. The fourth-order valence-electron chi connectivity index (χ4n) is 5.29. The summed E-state index contributed by atoms with van der Waals surface area (Å²) in [5.41, 5.74) is 1.26. The lowest BCUT2D eigenvalue weighted by molar-refractivity contribution is -0.139. The van der Waals surface area contributed by atoms with Gasteiger partial charge in [-0.25, -0.2) is 13.1 Å². The van der Waals surface area contributed by atoms with E-state index in [9.17, 15) is 13.2 Å². The molecule has 1 aliphatic heterocycles. The second kappa shape index (κ2) is 10.1. The van der Waals surface area contributed by atoms with Crippen molar-refractivity contribution in [2.45, 2.75) is 75.5 Å². The Bertz CT molecular complexity index is 893. The summed E-state index contributed by atoms with van der Waals surface area (Å²) in [5, 5.41) is 0. The van der Waals surface area contributed by atoms with Gasteiger partial charge in [0.25, 0.3) is 0 Å². The monoisotopic (exact) mass is 464 g/mol. The van der Waals surface area contributed by atoms with Gasteiger partial charge in [0.1, 0.15) is 5.75 Å². The summed E-state index contributed by atoms with van der Waals surface area (Å²) in [6, 6.07) is 7.70. The van der Waals surface area contributed by atoms with Gasteiger partial charge in [-0.2, -0.15) is 0 Å². The molecular weight excluding hydrogens is 428 g/mol. The number of nitrogens with zero attached hydrogens (tertiary/aromatic N) is 1. The van der Waals surface area contributed by atoms with E-state index in [1.165, 1.54) is 11.8 Å². The first-order chi connectivity index (χ1) is 15.4. The highest BCUT2D eigenvalue weighted by atomic mass is 32.2. The number of likely N-dealkylation sites (tertiary alicyclic amines) is 1. The first kappa shape index (κ1) is 23.5. The van der Waals surface area contributed by atoms with Gasteiger partial charge in [-0.1, -0.05) is 18.2 Å². The Morgan fingerprint density at radius 2 is 1.81 bits per heavy atom. The fourth-order valence-corrected chi connectivity index (χ4v) is 6.12. The maximum atomic E-state index is 12.9. The van der Waals surface area contributed by atoms with E-state index in [1.807, 2.05) is 17.0 Å². The molecule has 7 nitrogen and oxygen atoms in total. The Labute approximate surface area is 191 Å². The van der Waals surface area contributed by atoms with Crippen LogP contribution in [0.3, 0.4) is 0 Å². The van der Waals surface area contributed by atoms with Crippen LogP contribution in [0, 0.1) is 5.92 Å². The molecule has 32 heavy (non-hydrogen) atoms. The molecule has 2 atom stereocenters. The van der Waals surface area contributed by atoms with Gasteiger partial charge >= 0.3 is 0 Å². The van der Waals surface area contributed by atoms with E-state index < -0.39 is 10.0 Å². The number of carbonyl (C=O) groups excluding carboxylic acids is 1. The van der Waals surface area contributed by atoms with Crippen molar-refractivity contribution in [3.63, 3.8) is 0 Å². The van der Waals surface area contributed by atoms with Gasteiger partial charge in [0.15, 0.2) is 0 Å². The van der Waals surface area contributed by atoms with Crippen molar-refractivity contribution < 1.29 is 22.7 Å². The summed E-state index contributed by atoms with van der Waals surface area (Å²) >= 11 is 0. The van der Waals surface area contributed by atoms with Gasteiger partial charge in [0.05, 0.1) is 32.1 Å². The molecule has 8 heteroatoms. The first-order valence-electron chi connectivity index (χ1n) is 11.9. The third-order valence-electron chi connectivity index (χ3n) is 7.11. The van der Waals surface area contributed by atoms with Crippen LogP contribution in [0.15, 0.2) is 24.3 Å². The summed E-state index contributed by atoms with van der Waals surface area (Å²) in [5.74, 6) is 1.69. The van der Waals surface area contributed by atoms with Crippen molar-refractivity contribution in [2.75, 3.05) is 26.5 Å². The number of carbonyl (C=O) groups is 1. The smallest absolute Gasteiger partial charge is 0.226 e. The van der Waals surface area contributed by atoms with Crippen LogP contribution in [-0.4, -0.2) is 63.9 Å². The Morgan fingerprint density at radius 1 is 1.09 bits per heavy atom. The normalized spacial score (nSPS) is 29.0. The van der Waals surface area contributed by atoms with E-state index in [4.69, 9.17) is 9.47 Å². The van der Waals surface area contributed by atoms with Gasteiger partial charge in [-0.05, 0) is 68.9 Å². The molecule has 1 heterocycles. The number of nitrogens with one attached hydrogen (secondary N) is 1. The van der Waals surface area contributed by atoms with Crippen LogP contribution in [0.25, 0.3) is 0 Å². The van der Waals surface area contributed by atoms with Crippen LogP contribution in [0.4, 0.5) is 0 Å². The Balaban J connectivity index is 1.37. The highest BCUT2D eigenvalue weighted by molar-refractivity contribution is 7.88. The van der Waals surface area contributed by atoms with Crippen LogP contribution >= 0.6 is 0 Å². The minimum absolute atomic E-state index is 0.116. The lowest BCUT2D eigenvalue weighted by Gasteiger charge is -2.42. The number of sulfonamides is 1.